The number of rotatable bonds is 5. The Labute approximate surface area is 170 Å². The van der Waals surface area contributed by atoms with E-state index in [1.54, 1.807) is 23.5 Å². The number of amides is 1. The minimum Gasteiger partial charge on any atom is -0.367 e. The second-order valence-electron chi connectivity index (χ2n) is 6.84. The lowest BCUT2D eigenvalue weighted by molar-refractivity contribution is 0.0988. The van der Waals surface area contributed by atoms with E-state index in [0.29, 0.717) is 12.1 Å². The Morgan fingerprint density at radius 1 is 0.966 bits per heavy atom. The van der Waals surface area contributed by atoms with E-state index in [1.165, 1.54) is 0 Å². The SMILES string of the molecule is CCN(C(=O)c1cncc(N2CCN(c3ncccn3)CC2)c1)c1ccccc1. The predicted octanol–water partition coefficient (Wildman–Crippen LogP) is 2.86. The first-order valence-corrected chi connectivity index (χ1v) is 9.85. The molecular weight excluding hydrogens is 364 g/mol. The van der Waals surface area contributed by atoms with Gasteiger partial charge in [0.2, 0.25) is 5.95 Å². The van der Waals surface area contributed by atoms with Crippen LogP contribution in [0.4, 0.5) is 17.3 Å². The van der Waals surface area contributed by atoms with Crippen molar-refractivity contribution in [3.63, 3.8) is 0 Å². The molecule has 148 valence electrons. The first-order valence-electron chi connectivity index (χ1n) is 9.85. The van der Waals surface area contributed by atoms with Crippen LogP contribution in [0.1, 0.15) is 17.3 Å². The molecule has 0 saturated carbocycles. The largest absolute Gasteiger partial charge is 0.367 e. The van der Waals surface area contributed by atoms with Gasteiger partial charge in [-0.25, -0.2) is 9.97 Å². The molecule has 4 rings (SSSR count). The average Bonchev–Trinajstić information content (AvgIpc) is 2.81. The zero-order chi connectivity index (χ0) is 20.1. The minimum absolute atomic E-state index is 0.0376. The van der Waals surface area contributed by atoms with Crippen molar-refractivity contribution >= 4 is 23.2 Å². The van der Waals surface area contributed by atoms with Gasteiger partial charge in [0.15, 0.2) is 0 Å². The number of pyridine rings is 1. The lowest BCUT2D eigenvalue weighted by atomic mass is 10.2. The summed E-state index contributed by atoms with van der Waals surface area (Å²) in [6, 6.07) is 13.5. The van der Waals surface area contributed by atoms with Gasteiger partial charge in [-0.15, -0.1) is 0 Å². The van der Waals surface area contributed by atoms with E-state index in [1.807, 2.05) is 55.6 Å². The van der Waals surface area contributed by atoms with Crippen LogP contribution < -0.4 is 14.7 Å². The lowest BCUT2D eigenvalue weighted by Gasteiger charge is -2.36. The van der Waals surface area contributed by atoms with Crippen LogP contribution in [0.2, 0.25) is 0 Å². The summed E-state index contributed by atoms with van der Waals surface area (Å²) >= 11 is 0. The van der Waals surface area contributed by atoms with E-state index in [9.17, 15) is 4.79 Å². The number of para-hydroxylation sites is 1. The van der Waals surface area contributed by atoms with Crippen molar-refractivity contribution in [3.05, 3.63) is 72.8 Å². The molecule has 1 aliphatic rings. The predicted molar refractivity (Wildman–Crippen MR) is 114 cm³/mol. The van der Waals surface area contributed by atoms with Crippen LogP contribution in [0.15, 0.2) is 67.3 Å². The minimum atomic E-state index is -0.0376. The van der Waals surface area contributed by atoms with Crippen molar-refractivity contribution in [2.24, 2.45) is 0 Å². The van der Waals surface area contributed by atoms with Crippen LogP contribution in [0.5, 0.6) is 0 Å². The van der Waals surface area contributed by atoms with Crippen molar-refractivity contribution < 1.29 is 4.79 Å². The van der Waals surface area contributed by atoms with Crippen LogP contribution in [0, 0.1) is 0 Å². The fraction of sp³-hybridized carbons (Fsp3) is 0.273. The summed E-state index contributed by atoms with van der Waals surface area (Å²) in [5, 5.41) is 0. The third-order valence-corrected chi connectivity index (χ3v) is 5.08. The first-order chi connectivity index (χ1) is 14.3. The molecule has 0 bridgehead atoms. The molecule has 0 spiro atoms. The van der Waals surface area contributed by atoms with Gasteiger partial charge in [-0.05, 0) is 31.2 Å². The molecule has 0 unspecified atom stereocenters. The maximum Gasteiger partial charge on any atom is 0.259 e. The summed E-state index contributed by atoms with van der Waals surface area (Å²) in [4.78, 5) is 32.3. The molecule has 2 aromatic heterocycles. The van der Waals surface area contributed by atoms with Gasteiger partial charge in [-0.2, -0.15) is 0 Å². The number of aromatic nitrogens is 3. The van der Waals surface area contributed by atoms with Gasteiger partial charge in [0.1, 0.15) is 0 Å². The highest BCUT2D eigenvalue weighted by atomic mass is 16.2. The summed E-state index contributed by atoms with van der Waals surface area (Å²) in [5.41, 5.74) is 2.46. The molecular formula is C22H24N6O. The zero-order valence-corrected chi connectivity index (χ0v) is 16.5. The highest BCUT2D eigenvalue weighted by Gasteiger charge is 2.21. The molecule has 0 atom stereocenters. The number of benzene rings is 1. The van der Waals surface area contributed by atoms with Gasteiger partial charge in [0.05, 0.1) is 17.4 Å². The van der Waals surface area contributed by atoms with Gasteiger partial charge in [-0.1, -0.05) is 18.2 Å². The van der Waals surface area contributed by atoms with Crippen LogP contribution in [0.25, 0.3) is 0 Å². The quantitative estimate of drug-likeness (QED) is 0.670. The summed E-state index contributed by atoms with van der Waals surface area (Å²) in [5.74, 6) is 0.722. The van der Waals surface area contributed by atoms with Gasteiger partial charge < -0.3 is 14.7 Å². The smallest absolute Gasteiger partial charge is 0.259 e. The third kappa shape index (κ3) is 4.18. The average molecular weight is 388 g/mol. The molecule has 0 N–H and O–H groups in total. The zero-order valence-electron chi connectivity index (χ0n) is 16.5. The van der Waals surface area contributed by atoms with E-state index in [2.05, 4.69) is 24.8 Å². The Bertz CT molecular complexity index is 942. The van der Waals surface area contributed by atoms with Crippen LogP contribution in [-0.2, 0) is 0 Å². The van der Waals surface area contributed by atoms with E-state index >= 15 is 0 Å². The standard InChI is InChI=1S/C22H24N6O/c1-2-28(19-7-4-3-5-8-19)21(29)18-15-20(17-23-16-18)26-11-13-27(14-12-26)22-24-9-6-10-25-22/h3-10,15-17H,2,11-14H2,1H3. The van der Waals surface area contributed by atoms with Gasteiger partial charge in [-0.3, -0.25) is 9.78 Å². The molecule has 0 aliphatic carbocycles. The lowest BCUT2D eigenvalue weighted by Crippen LogP contribution is -2.47. The topological polar surface area (TPSA) is 65.5 Å². The Balaban J connectivity index is 1.47. The third-order valence-electron chi connectivity index (χ3n) is 5.08. The Kier molecular flexibility index (Phi) is 5.65. The summed E-state index contributed by atoms with van der Waals surface area (Å²) < 4.78 is 0. The summed E-state index contributed by atoms with van der Waals surface area (Å²) in [6.07, 6.45) is 7.00. The van der Waals surface area contributed by atoms with E-state index in [4.69, 9.17) is 0 Å². The Hall–Kier alpha value is -3.48. The number of hydrogen-bond donors (Lipinski definition) is 0. The second-order valence-corrected chi connectivity index (χ2v) is 6.84. The maximum absolute atomic E-state index is 13.1. The second kappa shape index (κ2) is 8.68. The van der Waals surface area contributed by atoms with Gasteiger partial charge in [0, 0.05) is 57.0 Å². The van der Waals surface area contributed by atoms with Crippen molar-refractivity contribution in [1.29, 1.82) is 0 Å². The van der Waals surface area contributed by atoms with Crippen LogP contribution in [-0.4, -0.2) is 53.6 Å². The molecule has 1 fully saturated rings. The highest BCUT2D eigenvalue weighted by Crippen LogP contribution is 2.21. The first kappa shape index (κ1) is 18.9. The number of carbonyl (C=O) groups excluding carboxylic acids is 1. The van der Waals surface area contributed by atoms with E-state index in [0.717, 1.165) is 43.5 Å². The van der Waals surface area contributed by atoms with E-state index < -0.39 is 0 Å². The number of carbonyl (C=O) groups is 1. The molecule has 1 aliphatic heterocycles. The highest BCUT2D eigenvalue weighted by molar-refractivity contribution is 6.06. The monoisotopic (exact) mass is 388 g/mol. The normalized spacial score (nSPS) is 14.0. The van der Waals surface area contributed by atoms with Crippen LogP contribution >= 0.6 is 0 Å². The molecule has 3 aromatic rings. The molecule has 3 heterocycles. The van der Waals surface area contributed by atoms with Crippen molar-refractivity contribution in [2.45, 2.75) is 6.92 Å². The number of piperazine rings is 1. The maximum atomic E-state index is 13.1. The molecule has 0 radical (unpaired) electrons. The number of hydrogen-bond acceptors (Lipinski definition) is 6. The Morgan fingerprint density at radius 3 is 2.34 bits per heavy atom. The number of nitrogens with zero attached hydrogens (tertiary/aromatic N) is 6. The summed E-state index contributed by atoms with van der Waals surface area (Å²) in [7, 11) is 0. The van der Waals surface area contributed by atoms with E-state index in [-0.39, 0.29) is 5.91 Å². The molecule has 1 amide bonds. The van der Waals surface area contributed by atoms with Gasteiger partial charge in [0.25, 0.3) is 5.91 Å². The van der Waals surface area contributed by atoms with Crippen LogP contribution in [0.3, 0.4) is 0 Å². The fourth-order valence-electron chi connectivity index (χ4n) is 3.54. The summed E-state index contributed by atoms with van der Waals surface area (Å²) in [6.45, 7) is 5.89. The van der Waals surface area contributed by atoms with Crippen molar-refractivity contribution in [2.75, 3.05) is 47.4 Å². The van der Waals surface area contributed by atoms with Gasteiger partial charge >= 0.3 is 0 Å². The fourth-order valence-corrected chi connectivity index (χ4v) is 3.54. The molecule has 7 heteroatoms. The Morgan fingerprint density at radius 2 is 1.66 bits per heavy atom. The molecule has 29 heavy (non-hydrogen) atoms. The van der Waals surface area contributed by atoms with Crippen molar-refractivity contribution in [1.82, 2.24) is 15.0 Å². The molecule has 1 saturated heterocycles. The molecule has 1 aromatic carbocycles. The number of anilines is 3. The van der Waals surface area contributed by atoms with Crippen molar-refractivity contribution in [3.8, 4) is 0 Å². The molecule has 7 nitrogen and oxygen atoms in total.